The van der Waals surface area contributed by atoms with Gasteiger partial charge in [-0.25, -0.2) is 4.90 Å². The molecule has 0 aliphatic carbocycles. The average Bonchev–Trinajstić information content (AvgIpc) is 2.71. The third-order valence-electron chi connectivity index (χ3n) is 5.14. The minimum Gasteiger partial charge on any atom is -0.486 e. The number of carbonyl (C=O) groups is 2. The topological polar surface area (TPSA) is 59.1 Å². The molecule has 2 atom stereocenters. The van der Waals surface area contributed by atoms with E-state index >= 15 is 0 Å². The van der Waals surface area contributed by atoms with Crippen molar-refractivity contribution in [2.75, 3.05) is 18.1 Å². The maximum atomic E-state index is 13.1. The van der Waals surface area contributed by atoms with E-state index in [0.29, 0.717) is 36.9 Å². The fourth-order valence-electron chi connectivity index (χ4n) is 3.64. The van der Waals surface area contributed by atoms with Gasteiger partial charge < -0.3 is 9.47 Å². The number of anilines is 1. The summed E-state index contributed by atoms with van der Waals surface area (Å²) in [6.45, 7) is 5.07. The van der Waals surface area contributed by atoms with Gasteiger partial charge in [0.2, 0.25) is 0 Å². The van der Waals surface area contributed by atoms with Gasteiger partial charge in [0.05, 0.1) is 17.8 Å². The first-order valence-corrected chi connectivity index (χ1v) is 9.14. The molecular weight excluding hydrogens is 344 g/mol. The molecule has 2 aromatic rings. The Kier molecular flexibility index (Phi) is 4.58. The third-order valence-corrected chi connectivity index (χ3v) is 5.14. The van der Waals surface area contributed by atoms with Crippen molar-refractivity contribution in [3.05, 3.63) is 54.1 Å². The van der Waals surface area contributed by atoms with Gasteiger partial charge in [-0.15, -0.1) is 0 Å². The smallest absolute Gasteiger partial charge is 0.251 e. The highest BCUT2D eigenvalue weighted by Gasteiger charge is 2.44. The van der Waals surface area contributed by atoms with Gasteiger partial charge >= 0.3 is 0 Å². The van der Waals surface area contributed by atoms with Crippen LogP contribution in [0.25, 0.3) is 0 Å². The van der Waals surface area contributed by atoms with Gasteiger partial charge in [0.15, 0.2) is 11.5 Å². The van der Waals surface area contributed by atoms with E-state index in [1.807, 2.05) is 49.1 Å². The van der Waals surface area contributed by atoms with Gasteiger partial charge in [-0.2, -0.15) is 0 Å². The zero-order valence-electron chi connectivity index (χ0n) is 15.4. The summed E-state index contributed by atoms with van der Waals surface area (Å²) >= 11 is 0. The molecular formula is C21H22N2O4. The van der Waals surface area contributed by atoms with Crippen LogP contribution in [0.3, 0.4) is 0 Å². The van der Waals surface area contributed by atoms with Crippen LogP contribution in [0.1, 0.15) is 19.4 Å². The summed E-state index contributed by atoms with van der Waals surface area (Å²) in [4.78, 5) is 29.5. The second-order valence-electron chi connectivity index (χ2n) is 6.82. The van der Waals surface area contributed by atoms with E-state index in [9.17, 15) is 9.59 Å². The molecule has 0 radical (unpaired) electrons. The van der Waals surface area contributed by atoms with E-state index < -0.39 is 12.1 Å². The Labute approximate surface area is 158 Å². The molecule has 4 rings (SSSR count). The molecule has 2 aliphatic heterocycles. The maximum Gasteiger partial charge on any atom is 0.251 e. The highest BCUT2D eigenvalue weighted by molar-refractivity contribution is 6.20. The second kappa shape index (κ2) is 7.04. The van der Waals surface area contributed by atoms with Crippen LogP contribution in [-0.4, -0.2) is 42.0 Å². The first-order chi connectivity index (χ1) is 13.1. The Morgan fingerprint density at radius 2 is 1.56 bits per heavy atom. The van der Waals surface area contributed by atoms with Crippen molar-refractivity contribution < 1.29 is 19.1 Å². The molecule has 27 heavy (non-hydrogen) atoms. The monoisotopic (exact) mass is 366 g/mol. The zero-order chi connectivity index (χ0) is 19.0. The second-order valence-corrected chi connectivity index (χ2v) is 6.82. The SMILES string of the molecule is CC1C(=O)N(c2cccc3c2OCCO3)C(=O)[C@@H](C)N1Cc1ccccc1. The Balaban J connectivity index is 1.66. The summed E-state index contributed by atoms with van der Waals surface area (Å²) in [7, 11) is 0. The lowest BCUT2D eigenvalue weighted by atomic mass is 10.0. The predicted octanol–water partition coefficient (Wildman–Crippen LogP) is 2.61. The van der Waals surface area contributed by atoms with Crippen LogP contribution in [-0.2, 0) is 16.1 Å². The molecule has 2 aromatic carbocycles. The van der Waals surface area contributed by atoms with Crippen LogP contribution in [0.4, 0.5) is 5.69 Å². The summed E-state index contributed by atoms with van der Waals surface area (Å²) in [5.74, 6) is 0.515. The molecule has 1 fully saturated rings. The number of benzene rings is 2. The van der Waals surface area contributed by atoms with Crippen molar-refractivity contribution in [3.8, 4) is 11.5 Å². The molecule has 2 aliphatic rings. The Bertz CT molecular complexity index is 846. The number of piperazine rings is 1. The minimum absolute atomic E-state index is 0.253. The fraction of sp³-hybridized carbons (Fsp3) is 0.333. The summed E-state index contributed by atoms with van der Waals surface area (Å²) in [5, 5.41) is 0. The highest BCUT2D eigenvalue weighted by atomic mass is 16.6. The van der Waals surface area contributed by atoms with Crippen molar-refractivity contribution in [1.29, 1.82) is 0 Å². The van der Waals surface area contributed by atoms with Gasteiger partial charge in [0, 0.05) is 6.54 Å². The van der Waals surface area contributed by atoms with Crippen LogP contribution in [0.5, 0.6) is 11.5 Å². The van der Waals surface area contributed by atoms with Crippen LogP contribution in [0.15, 0.2) is 48.5 Å². The quantitative estimate of drug-likeness (QED) is 0.782. The van der Waals surface area contributed by atoms with Crippen molar-refractivity contribution in [3.63, 3.8) is 0 Å². The van der Waals surface area contributed by atoms with E-state index in [2.05, 4.69) is 0 Å². The van der Waals surface area contributed by atoms with Gasteiger partial charge in [-0.3, -0.25) is 14.5 Å². The molecule has 0 saturated carbocycles. The van der Waals surface area contributed by atoms with Crippen molar-refractivity contribution >= 4 is 17.5 Å². The van der Waals surface area contributed by atoms with E-state index in [4.69, 9.17) is 9.47 Å². The van der Waals surface area contributed by atoms with Crippen molar-refractivity contribution in [1.82, 2.24) is 4.90 Å². The first-order valence-electron chi connectivity index (χ1n) is 9.14. The van der Waals surface area contributed by atoms with Crippen LogP contribution < -0.4 is 14.4 Å². The van der Waals surface area contributed by atoms with Crippen molar-refractivity contribution in [2.45, 2.75) is 32.5 Å². The summed E-state index contributed by atoms with van der Waals surface area (Å²) in [5.41, 5.74) is 1.53. The largest absolute Gasteiger partial charge is 0.486 e. The molecule has 6 nitrogen and oxygen atoms in total. The van der Waals surface area contributed by atoms with E-state index in [1.54, 1.807) is 18.2 Å². The van der Waals surface area contributed by atoms with Gasteiger partial charge in [-0.05, 0) is 31.5 Å². The fourth-order valence-corrected chi connectivity index (χ4v) is 3.64. The standard InChI is InChI=1S/C21H22N2O4/c1-14-20(24)23(17-9-6-10-18-19(17)27-12-11-26-18)21(25)15(2)22(14)13-16-7-4-3-5-8-16/h3-10,14-15H,11-13H2,1-2H3/t14-,15?/m1/s1. The van der Waals surface area contributed by atoms with Crippen LogP contribution >= 0.6 is 0 Å². The third kappa shape index (κ3) is 3.06. The lowest BCUT2D eigenvalue weighted by Gasteiger charge is -2.42. The average molecular weight is 366 g/mol. The summed E-state index contributed by atoms with van der Waals surface area (Å²) < 4.78 is 11.3. The van der Waals surface area contributed by atoms with Crippen LogP contribution in [0, 0.1) is 0 Å². The van der Waals surface area contributed by atoms with E-state index in [0.717, 1.165) is 5.56 Å². The first kappa shape index (κ1) is 17.5. The maximum absolute atomic E-state index is 13.1. The van der Waals surface area contributed by atoms with Crippen molar-refractivity contribution in [2.24, 2.45) is 0 Å². The lowest BCUT2D eigenvalue weighted by molar-refractivity contribution is -0.139. The van der Waals surface area contributed by atoms with Gasteiger partial charge in [0.25, 0.3) is 11.8 Å². The van der Waals surface area contributed by atoms with Crippen LogP contribution in [0.2, 0.25) is 0 Å². The number of imide groups is 1. The Morgan fingerprint density at radius 3 is 2.26 bits per heavy atom. The normalized spacial score (nSPS) is 22.8. The zero-order valence-corrected chi connectivity index (χ0v) is 15.4. The Hall–Kier alpha value is -2.86. The number of amides is 2. The molecule has 2 amide bonds. The molecule has 2 heterocycles. The molecule has 1 unspecified atom stereocenters. The number of nitrogens with zero attached hydrogens (tertiary/aromatic N) is 2. The molecule has 6 heteroatoms. The Morgan fingerprint density at radius 1 is 0.889 bits per heavy atom. The number of hydrogen-bond donors (Lipinski definition) is 0. The van der Waals surface area contributed by atoms with E-state index in [1.165, 1.54) is 4.90 Å². The van der Waals surface area contributed by atoms with Gasteiger partial charge in [-0.1, -0.05) is 36.4 Å². The highest BCUT2D eigenvalue weighted by Crippen LogP contribution is 2.41. The summed E-state index contributed by atoms with van der Waals surface area (Å²) in [6.07, 6.45) is 0. The number of ether oxygens (including phenoxy) is 2. The molecule has 0 aromatic heterocycles. The number of carbonyl (C=O) groups excluding carboxylic acids is 2. The number of fused-ring (bicyclic) bond motifs is 1. The molecule has 0 N–H and O–H groups in total. The summed E-state index contributed by atoms with van der Waals surface area (Å²) in [6, 6.07) is 14.3. The number of hydrogen-bond acceptors (Lipinski definition) is 5. The number of para-hydroxylation sites is 1. The number of rotatable bonds is 3. The molecule has 1 saturated heterocycles. The molecule has 0 bridgehead atoms. The lowest BCUT2D eigenvalue weighted by Crippen LogP contribution is -2.63. The predicted molar refractivity (Wildman–Crippen MR) is 101 cm³/mol. The van der Waals surface area contributed by atoms with Gasteiger partial charge in [0.1, 0.15) is 13.2 Å². The van der Waals surface area contributed by atoms with E-state index in [-0.39, 0.29) is 11.8 Å². The molecule has 140 valence electrons. The minimum atomic E-state index is -0.432. The molecule has 0 spiro atoms.